The molecule has 2 atom stereocenters. The quantitative estimate of drug-likeness (QED) is 0.799. The number of hydrogen-bond acceptors (Lipinski definition) is 2. The third-order valence-corrected chi connectivity index (χ3v) is 5.44. The Bertz CT molecular complexity index is 728. The molecule has 1 aromatic carbocycles. The fraction of sp³-hybridized carbons (Fsp3) is 0.409. The summed E-state index contributed by atoms with van der Waals surface area (Å²) in [7, 11) is 0. The smallest absolute Gasteiger partial charge is 0.0381 e. The lowest BCUT2D eigenvalue weighted by Gasteiger charge is -2.45. The molecule has 1 aromatic heterocycles. The molecule has 2 nitrogen and oxygen atoms in total. The van der Waals surface area contributed by atoms with Gasteiger partial charge in [-0.1, -0.05) is 42.8 Å². The molecule has 2 unspecified atom stereocenters. The third kappa shape index (κ3) is 3.16. The summed E-state index contributed by atoms with van der Waals surface area (Å²) in [5.74, 6) is 0. The fourth-order valence-corrected chi connectivity index (χ4v) is 4.39. The summed E-state index contributed by atoms with van der Waals surface area (Å²) >= 11 is 0. The first kappa shape index (κ1) is 15.6. The lowest BCUT2D eigenvalue weighted by atomic mass is 9.82. The first-order valence-electron chi connectivity index (χ1n) is 9.15. The number of pyridine rings is 1. The van der Waals surface area contributed by atoms with Crippen molar-refractivity contribution in [1.82, 2.24) is 9.88 Å². The second-order valence-corrected chi connectivity index (χ2v) is 7.34. The highest BCUT2D eigenvalue weighted by atomic mass is 15.2. The molecular formula is C22H26N2. The molecular weight excluding hydrogens is 292 g/mol. The van der Waals surface area contributed by atoms with Gasteiger partial charge in [-0.3, -0.25) is 9.88 Å². The van der Waals surface area contributed by atoms with Gasteiger partial charge in [0, 0.05) is 30.0 Å². The van der Waals surface area contributed by atoms with E-state index < -0.39 is 0 Å². The van der Waals surface area contributed by atoms with Crippen molar-refractivity contribution in [2.75, 3.05) is 0 Å². The van der Waals surface area contributed by atoms with Gasteiger partial charge in [0.2, 0.25) is 0 Å². The molecule has 1 saturated heterocycles. The van der Waals surface area contributed by atoms with Gasteiger partial charge in [-0.2, -0.15) is 0 Å². The molecule has 124 valence electrons. The average molecular weight is 318 g/mol. The van der Waals surface area contributed by atoms with Gasteiger partial charge in [-0.15, -0.1) is 0 Å². The molecule has 2 aliphatic heterocycles. The minimum atomic E-state index is 0.585. The van der Waals surface area contributed by atoms with Crippen molar-refractivity contribution in [1.29, 1.82) is 0 Å². The molecule has 24 heavy (non-hydrogen) atoms. The number of piperidine rings is 1. The SMILES string of the molecule is Cc1cc(C2=CC3CCCC(C2)N3Cc2ccccc2)cc(C)n1. The van der Waals surface area contributed by atoms with E-state index in [2.05, 4.69) is 72.3 Å². The van der Waals surface area contributed by atoms with E-state index in [9.17, 15) is 0 Å². The predicted octanol–water partition coefficient (Wildman–Crippen LogP) is 4.91. The van der Waals surface area contributed by atoms with Crippen LogP contribution < -0.4 is 0 Å². The lowest BCUT2D eigenvalue weighted by molar-refractivity contribution is 0.0951. The molecule has 0 aliphatic carbocycles. The number of fused-ring (bicyclic) bond motifs is 2. The Balaban J connectivity index is 1.62. The highest BCUT2D eigenvalue weighted by molar-refractivity contribution is 5.68. The van der Waals surface area contributed by atoms with Crippen molar-refractivity contribution in [3.8, 4) is 0 Å². The number of aryl methyl sites for hydroxylation is 2. The maximum absolute atomic E-state index is 4.53. The van der Waals surface area contributed by atoms with Crippen LogP contribution >= 0.6 is 0 Å². The van der Waals surface area contributed by atoms with E-state index in [-0.39, 0.29) is 0 Å². The standard InChI is InChI=1S/C22H26N2/c1-16-11-19(12-17(2)23-16)20-13-21-9-6-10-22(14-20)24(21)15-18-7-4-3-5-8-18/h3-5,7-8,11-13,21-22H,6,9-10,14-15H2,1-2H3. The molecule has 3 heterocycles. The van der Waals surface area contributed by atoms with Gasteiger partial charge >= 0.3 is 0 Å². The van der Waals surface area contributed by atoms with Crippen LogP contribution in [0, 0.1) is 13.8 Å². The zero-order valence-electron chi connectivity index (χ0n) is 14.7. The van der Waals surface area contributed by atoms with Gasteiger partial charge in [0.1, 0.15) is 0 Å². The van der Waals surface area contributed by atoms with Gasteiger partial charge in [0.15, 0.2) is 0 Å². The first-order chi connectivity index (χ1) is 11.7. The van der Waals surface area contributed by atoms with Crippen LogP contribution in [0.4, 0.5) is 0 Å². The summed E-state index contributed by atoms with van der Waals surface area (Å²) in [5.41, 5.74) is 6.60. The molecule has 0 N–H and O–H groups in total. The predicted molar refractivity (Wildman–Crippen MR) is 99.7 cm³/mol. The highest BCUT2D eigenvalue weighted by Crippen LogP contribution is 2.38. The molecule has 1 fully saturated rings. The van der Waals surface area contributed by atoms with E-state index in [1.54, 1.807) is 0 Å². The molecule has 0 amide bonds. The molecule has 2 bridgehead atoms. The second kappa shape index (κ2) is 6.52. The lowest BCUT2D eigenvalue weighted by Crippen LogP contribution is -2.47. The van der Waals surface area contributed by atoms with Gasteiger partial charge in [-0.05, 0) is 61.9 Å². The van der Waals surface area contributed by atoms with Gasteiger partial charge < -0.3 is 0 Å². The van der Waals surface area contributed by atoms with E-state index in [0.29, 0.717) is 12.1 Å². The van der Waals surface area contributed by atoms with Crippen molar-refractivity contribution in [3.63, 3.8) is 0 Å². The summed E-state index contributed by atoms with van der Waals surface area (Å²) in [4.78, 5) is 7.26. The average Bonchev–Trinajstić information content (AvgIpc) is 2.54. The van der Waals surface area contributed by atoms with E-state index >= 15 is 0 Å². The van der Waals surface area contributed by atoms with Gasteiger partial charge in [-0.25, -0.2) is 0 Å². The summed E-state index contributed by atoms with van der Waals surface area (Å²) in [5, 5.41) is 0. The summed E-state index contributed by atoms with van der Waals surface area (Å²) in [6, 6.07) is 16.7. The van der Waals surface area contributed by atoms with Crippen LogP contribution in [0.5, 0.6) is 0 Å². The zero-order chi connectivity index (χ0) is 16.5. The van der Waals surface area contributed by atoms with Crippen molar-refractivity contribution in [2.24, 2.45) is 0 Å². The van der Waals surface area contributed by atoms with Crippen molar-refractivity contribution >= 4 is 5.57 Å². The Hall–Kier alpha value is -1.93. The molecule has 2 aliphatic rings. The molecule has 4 rings (SSSR count). The minimum Gasteiger partial charge on any atom is -0.289 e. The monoisotopic (exact) mass is 318 g/mol. The van der Waals surface area contributed by atoms with Crippen LogP contribution in [0.1, 0.15) is 48.2 Å². The Kier molecular flexibility index (Phi) is 4.24. The number of rotatable bonds is 3. The number of aromatic nitrogens is 1. The maximum atomic E-state index is 4.53. The summed E-state index contributed by atoms with van der Waals surface area (Å²) in [6.45, 7) is 5.28. The van der Waals surface area contributed by atoms with Crippen LogP contribution in [-0.2, 0) is 6.54 Å². The van der Waals surface area contributed by atoms with Crippen LogP contribution in [0.15, 0.2) is 48.5 Å². The van der Waals surface area contributed by atoms with E-state index in [1.165, 1.54) is 42.4 Å². The summed E-state index contributed by atoms with van der Waals surface area (Å²) in [6.07, 6.45) is 7.68. The number of benzene rings is 1. The fourth-order valence-electron chi connectivity index (χ4n) is 4.39. The van der Waals surface area contributed by atoms with Crippen LogP contribution in [-0.4, -0.2) is 22.0 Å². The summed E-state index contributed by atoms with van der Waals surface area (Å²) < 4.78 is 0. The minimum absolute atomic E-state index is 0.585. The molecule has 2 heteroatoms. The highest BCUT2D eigenvalue weighted by Gasteiger charge is 2.34. The van der Waals surface area contributed by atoms with Crippen LogP contribution in [0.2, 0.25) is 0 Å². The normalized spacial score (nSPS) is 23.8. The Morgan fingerprint density at radius 1 is 1.04 bits per heavy atom. The van der Waals surface area contributed by atoms with Crippen molar-refractivity contribution < 1.29 is 0 Å². The first-order valence-corrected chi connectivity index (χ1v) is 9.15. The maximum Gasteiger partial charge on any atom is 0.0381 e. The third-order valence-electron chi connectivity index (χ3n) is 5.44. The molecule has 0 spiro atoms. The number of nitrogens with zero attached hydrogens (tertiary/aromatic N) is 2. The second-order valence-electron chi connectivity index (χ2n) is 7.34. The largest absolute Gasteiger partial charge is 0.289 e. The molecule has 0 radical (unpaired) electrons. The van der Waals surface area contributed by atoms with Crippen LogP contribution in [0.25, 0.3) is 5.57 Å². The Morgan fingerprint density at radius 2 is 1.79 bits per heavy atom. The zero-order valence-corrected chi connectivity index (χ0v) is 14.7. The number of hydrogen-bond donors (Lipinski definition) is 0. The Morgan fingerprint density at radius 3 is 2.50 bits per heavy atom. The van der Waals surface area contributed by atoms with E-state index in [0.717, 1.165) is 17.9 Å². The Labute approximate surface area is 145 Å². The van der Waals surface area contributed by atoms with E-state index in [1.807, 2.05) is 0 Å². The van der Waals surface area contributed by atoms with Crippen molar-refractivity contribution in [3.05, 3.63) is 71.1 Å². The molecule has 0 saturated carbocycles. The van der Waals surface area contributed by atoms with Gasteiger partial charge in [0.25, 0.3) is 0 Å². The van der Waals surface area contributed by atoms with Crippen molar-refractivity contribution in [2.45, 2.75) is 58.2 Å². The van der Waals surface area contributed by atoms with E-state index in [4.69, 9.17) is 0 Å². The topological polar surface area (TPSA) is 16.1 Å². The van der Waals surface area contributed by atoms with Crippen LogP contribution in [0.3, 0.4) is 0 Å². The molecule has 2 aromatic rings. The van der Waals surface area contributed by atoms with Gasteiger partial charge in [0.05, 0.1) is 0 Å².